The van der Waals surface area contributed by atoms with Crippen LogP contribution in [-0.4, -0.2) is 28.8 Å². The highest BCUT2D eigenvalue weighted by Gasteiger charge is 2.15. The second-order valence-electron chi connectivity index (χ2n) is 5.45. The van der Waals surface area contributed by atoms with Gasteiger partial charge in [-0.2, -0.15) is 5.10 Å². The van der Waals surface area contributed by atoms with E-state index < -0.39 is 6.04 Å². The Morgan fingerprint density at radius 3 is 2.52 bits per heavy atom. The topological polar surface area (TPSA) is 82.2 Å². The first kappa shape index (κ1) is 19.0. The van der Waals surface area contributed by atoms with Crippen LogP contribution in [0.3, 0.4) is 0 Å². The number of nitrogens with two attached hydrogens (primary N) is 1. The van der Waals surface area contributed by atoms with Gasteiger partial charge < -0.3 is 15.8 Å². The number of hydrogen-bond donors (Lipinski definition) is 2. The molecule has 0 aliphatic carbocycles. The molecule has 0 fully saturated rings. The lowest BCUT2D eigenvalue weighted by Gasteiger charge is -2.11. The van der Waals surface area contributed by atoms with Gasteiger partial charge in [0.15, 0.2) is 0 Å². The van der Waals surface area contributed by atoms with Crippen molar-refractivity contribution in [3.8, 4) is 5.75 Å². The highest BCUT2D eigenvalue weighted by molar-refractivity contribution is 5.94. The fourth-order valence-corrected chi connectivity index (χ4v) is 2.03. The minimum atomic E-state index is -0.615. The number of nitrogens with one attached hydrogen (secondary N) is 1. The molecule has 0 aliphatic rings. The predicted molar refractivity (Wildman–Crippen MR) is 93.2 cm³/mol. The molecule has 2 aromatic rings. The first-order valence-corrected chi connectivity index (χ1v) is 7.23. The standard InChI is InChI=1S/C16H22N4O2.ClH/c1-11(2)20-10-13(9-18-20)19-16(21)15(17)8-12-4-6-14(22-3)7-5-12;/h4-7,9-11,15H,8,17H2,1-3H3,(H,19,21);1H/t15-;/m0./s1. The van der Waals surface area contributed by atoms with Crippen molar-refractivity contribution in [2.45, 2.75) is 32.4 Å². The maximum atomic E-state index is 12.1. The number of carbonyl (C=O) groups is 1. The fraction of sp³-hybridized carbons (Fsp3) is 0.375. The fourth-order valence-electron chi connectivity index (χ4n) is 2.03. The number of methoxy groups -OCH3 is 1. The van der Waals surface area contributed by atoms with E-state index in [-0.39, 0.29) is 24.4 Å². The summed E-state index contributed by atoms with van der Waals surface area (Å²) in [5, 5.41) is 6.97. The third-order valence-electron chi connectivity index (χ3n) is 3.35. The number of rotatable bonds is 6. The second-order valence-corrected chi connectivity index (χ2v) is 5.45. The van der Waals surface area contributed by atoms with Crippen molar-refractivity contribution >= 4 is 24.0 Å². The molecule has 1 aromatic heterocycles. The smallest absolute Gasteiger partial charge is 0.241 e. The van der Waals surface area contributed by atoms with Crippen LogP contribution in [0.4, 0.5) is 5.69 Å². The first-order valence-electron chi connectivity index (χ1n) is 7.23. The summed E-state index contributed by atoms with van der Waals surface area (Å²) in [4.78, 5) is 12.1. The Hall–Kier alpha value is -2.05. The minimum Gasteiger partial charge on any atom is -0.497 e. The molecule has 7 heteroatoms. The molecule has 0 aliphatic heterocycles. The van der Waals surface area contributed by atoms with Gasteiger partial charge in [-0.25, -0.2) is 0 Å². The molecular weight excluding hydrogens is 316 g/mol. The highest BCUT2D eigenvalue weighted by atomic mass is 35.5. The second kappa shape index (κ2) is 8.55. The quantitative estimate of drug-likeness (QED) is 0.847. The number of carbonyl (C=O) groups excluding carboxylic acids is 1. The number of hydrogen-bond acceptors (Lipinski definition) is 4. The zero-order valence-corrected chi connectivity index (χ0v) is 14.3. The van der Waals surface area contributed by atoms with Gasteiger partial charge in [0.1, 0.15) is 5.75 Å². The largest absolute Gasteiger partial charge is 0.497 e. The third-order valence-corrected chi connectivity index (χ3v) is 3.35. The lowest BCUT2D eigenvalue weighted by atomic mass is 10.1. The van der Waals surface area contributed by atoms with Gasteiger partial charge in [-0.3, -0.25) is 9.48 Å². The summed E-state index contributed by atoms with van der Waals surface area (Å²) in [5.74, 6) is 0.557. The van der Waals surface area contributed by atoms with Crippen LogP contribution < -0.4 is 15.8 Å². The molecule has 0 spiro atoms. The number of anilines is 1. The van der Waals surface area contributed by atoms with Crippen molar-refractivity contribution in [2.24, 2.45) is 5.73 Å². The average molecular weight is 339 g/mol. The molecule has 2 rings (SSSR count). The molecule has 0 bridgehead atoms. The summed E-state index contributed by atoms with van der Waals surface area (Å²) in [6.45, 7) is 4.04. The van der Waals surface area contributed by atoms with E-state index >= 15 is 0 Å². The summed E-state index contributed by atoms with van der Waals surface area (Å²) < 4.78 is 6.88. The molecule has 0 radical (unpaired) electrons. The molecule has 1 atom stereocenters. The van der Waals surface area contributed by atoms with Crippen molar-refractivity contribution in [1.29, 1.82) is 0 Å². The van der Waals surface area contributed by atoms with Gasteiger partial charge in [-0.15, -0.1) is 12.4 Å². The van der Waals surface area contributed by atoms with E-state index in [4.69, 9.17) is 10.5 Å². The molecule has 126 valence electrons. The van der Waals surface area contributed by atoms with Crippen LogP contribution in [0.2, 0.25) is 0 Å². The number of aromatic nitrogens is 2. The maximum absolute atomic E-state index is 12.1. The van der Waals surface area contributed by atoms with Crippen LogP contribution in [0.1, 0.15) is 25.5 Å². The zero-order valence-electron chi connectivity index (χ0n) is 13.5. The van der Waals surface area contributed by atoms with Gasteiger partial charge in [0.25, 0.3) is 0 Å². The molecular formula is C16H23ClN4O2. The van der Waals surface area contributed by atoms with Crippen LogP contribution in [0, 0.1) is 0 Å². The summed E-state index contributed by atoms with van der Waals surface area (Å²) in [6.07, 6.45) is 3.88. The Labute approximate surface area is 142 Å². The number of ether oxygens (including phenoxy) is 1. The molecule has 23 heavy (non-hydrogen) atoms. The number of benzene rings is 1. The average Bonchev–Trinajstić information content (AvgIpc) is 2.96. The van der Waals surface area contributed by atoms with E-state index in [1.165, 1.54) is 0 Å². The van der Waals surface area contributed by atoms with E-state index in [1.54, 1.807) is 24.2 Å². The SMILES string of the molecule is COc1ccc(C[C@H](N)C(=O)Nc2cnn(C(C)C)c2)cc1.Cl. The minimum absolute atomic E-state index is 0. The first-order chi connectivity index (χ1) is 10.5. The van der Waals surface area contributed by atoms with Crippen LogP contribution in [0.5, 0.6) is 5.75 Å². The molecule has 0 saturated carbocycles. The zero-order chi connectivity index (χ0) is 16.1. The molecule has 6 nitrogen and oxygen atoms in total. The van der Waals surface area contributed by atoms with E-state index in [0.717, 1.165) is 11.3 Å². The van der Waals surface area contributed by atoms with Crippen LogP contribution in [-0.2, 0) is 11.2 Å². The van der Waals surface area contributed by atoms with Crippen LogP contribution in [0.15, 0.2) is 36.7 Å². The van der Waals surface area contributed by atoms with Crippen molar-refractivity contribution in [3.63, 3.8) is 0 Å². The third kappa shape index (κ3) is 5.26. The van der Waals surface area contributed by atoms with E-state index in [1.807, 2.05) is 38.1 Å². The molecule has 1 amide bonds. The Bertz CT molecular complexity index is 625. The van der Waals surface area contributed by atoms with Crippen LogP contribution in [0.25, 0.3) is 0 Å². The molecule has 1 aromatic carbocycles. The number of nitrogens with zero attached hydrogens (tertiary/aromatic N) is 2. The van der Waals surface area contributed by atoms with Gasteiger partial charge in [-0.1, -0.05) is 12.1 Å². The molecule has 3 N–H and O–H groups in total. The number of amides is 1. The molecule has 1 heterocycles. The summed E-state index contributed by atoms with van der Waals surface area (Å²) in [6, 6.07) is 7.15. The van der Waals surface area contributed by atoms with Crippen LogP contribution >= 0.6 is 12.4 Å². The van der Waals surface area contributed by atoms with E-state index in [0.29, 0.717) is 12.1 Å². The van der Waals surface area contributed by atoms with Gasteiger partial charge in [0, 0.05) is 12.2 Å². The molecule has 0 unspecified atom stereocenters. The lowest BCUT2D eigenvalue weighted by Crippen LogP contribution is -2.37. The van der Waals surface area contributed by atoms with Crippen molar-refractivity contribution in [1.82, 2.24) is 9.78 Å². The Morgan fingerprint density at radius 1 is 1.35 bits per heavy atom. The van der Waals surface area contributed by atoms with Gasteiger partial charge in [0.2, 0.25) is 5.91 Å². The monoisotopic (exact) mass is 338 g/mol. The van der Waals surface area contributed by atoms with E-state index in [9.17, 15) is 4.79 Å². The maximum Gasteiger partial charge on any atom is 0.241 e. The van der Waals surface area contributed by atoms with Crippen molar-refractivity contribution in [3.05, 3.63) is 42.2 Å². The van der Waals surface area contributed by atoms with Gasteiger partial charge in [0.05, 0.1) is 25.0 Å². The van der Waals surface area contributed by atoms with Gasteiger partial charge in [-0.05, 0) is 38.0 Å². The lowest BCUT2D eigenvalue weighted by molar-refractivity contribution is -0.117. The van der Waals surface area contributed by atoms with E-state index in [2.05, 4.69) is 10.4 Å². The van der Waals surface area contributed by atoms with Crippen molar-refractivity contribution in [2.75, 3.05) is 12.4 Å². The Morgan fingerprint density at radius 2 is 2.00 bits per heavy atom. The Kier molecular flexibility index (Phi) is 7.06. The number of halogens is 1. The molecule has 0 saturated heterocycles. The normalized spacial score (nSPS) is 11.7. The summed E-state index contributed by atoms with van der Waals surface area (Å²) >= 11 is 0. The summed E-state index contributed by atoms with van der Waals surface area (Å²) in [7, 11) is 1.62. The van der Waals surface area contributed by atoms with Gasteiger partial charge >= 0.3 is 0 Å². The summed E-state index contributed by atoms with van der Waals surface area (Å²) in [5.41, 5.74) is 7.61. The Balaban J connectivity index is 0.00000264. The van der Waals surface area contributed by atoms with Crippen molar-refractivity contribution < 1.29 is 9.53 Å². The predicted octanol–water partition coefficient (Wildman–Crippen LogP) is 2.40. The highest BCUT2D eigenvalue weighted by Crippen LogP contribution is 2.14.